The molecule has 0 aliphatic carbocycles. The monoisotopic (exact) mass is 388 g/mol. The van der Waals surface area contributed by atoms with Crippen LogP contribution in [0.1, 0.15) is 28.8 Å². The zero-order valence-corrected chi connectivity index (χ0v) is 16.7. The summed E-state index contributed by atoms with van der Waals surface area (Å²) < 4.78 is 0. The molecular formula is C18H20N4O2S2. The van der Waals surface area contributed by atoms with E-state index in [1.165, 1.54) is 23.1 Å². The summed E-state index contributed by atoms with van der Waals surface area (Å²) in [6.45, 7) is 7.65. The average molecular weight is 389 g/mol. The van der Waals surface area contributed by atoms with Gasteiger partial charge in [0.2, 0.25) is 5.91 Å². The van der Waals surface area contributed by atoms with E-state index in [-0.39, 0.29) is 16.7 Å². The largest absolute Gasteiger partial charge is 0.310 e. The van der Waals surface area contributed by atoms with E-state index in [9.17, 15) is 9.59 Å². The predicted octanol–water partition coefficient (Wildman–Crippen LogP) is 3.57. The third-order valence-electron chi connectivity index (χ3n) is 4.18. The van der Waals surface area contributed by atoms with Crippen LogP contribution in [-0.2, 0) is 10.5 Å². The fraction of sp³-hybridized carbons (Fsp3) is 0.333. The van der Waals surface area contributed by atoms with Gasteiger partial charge in [0.1, 0.15) is 16.5 Å². The van der Waals surface area contributed by atoms with E-state index in [2.05, 4.69) is 20.3 Å². The number of aromatic amines is 1. The summed E-state index contributed by atoms with van der Waals surface area (Å²) in [5.74, 6) is 1.49. The lowest BCUT2D eigenvalue weighted by Crippen LogP contribution is -2.24. The second-order valence-electron chi connectivity index (χ2n) is 6.09. The Labute approximate surface area is 159 Å². The highest BCUT2D eigenvalue weighted by Crippen LogP contribution is 2.26. The summed E-state index contributed by atoms with van der Waals surface area (Å²) in [6.07, 6.45) is 1.65. The Balaban J connectivity index is 1.68. The number of hydrogen-bond acceptors (Lipinski definition) is 6. The SMILES string of the molecule is Cc1cccnc1NC(=O)[C@@H](C)SCc1nc2sc(C)c(C)c2c(=O)[nH]1. The number of hydrogen-bond donors (Lipinski definition) is 2. The third kappa shape index (κ3) is 3.81. The summed E-state index contributed by atoms with van der Waals surface area (Å²) >= 11 is 2.95. The van der Waals surface area contributed by atoms with Crippen LogP contribution in [0.3, 0.4) is 0 Å². The van der Waals surface area contributed by atoms with E-state index in [1.807, 2.05) is 39.8 Å². The smallest absolute Gasteiger partial charge is 0.259 e. The zero-order chi connectivity index (χ0) is 18.8. The highest BCUT2D eigenvalue weighted by molar-refractivity contribution is 7.99. The number of nitrogens with zero attached hydrogens (tertiary/aromatic N) is 2. The summed E-state index contributed by atoms with van der Waals surface area (Å²) in [7, 11) is 0. The van der Waals surface area contributed by atoms with Crippen LogP contribution in [0.5, 0.6) is 0 Å². The Morgan fingerprint density at radius 2 is 2.15 bits per heavy atom. The second kappa shape index (κ2) is 7.59. The Kier molecular flexibility index (Phi) is 5.43. The van der Waals surface area contributed by atoms with Crippen LogP contribution in [0.25, 0.3) is 10.2 Å². The molecule has 6 nitrogen and oxygen atoms in total. The summed E-state index contributed by atoms with van der Waals surface area (Å²) in [5.41, 5.74) is 1.78. The van der Waals surface area contributed by atoms with Crippen LogP contribution >= 0.6 is 23.1 Å². The molecule has 1 atom stereocenters. The number of carbonyl (C=O) groups is 1. The zero-order valence-electron chi connectivity index (χ0n) is 15.0. The lowest BCUT2D eigenvalue weighted by Gasteiger charge is -2.12. The summed E-state index contributed by atoms with van der Waals surface area (Å²) in [5, 5.41) is 3.20. The van der Waals surface area contributed by atoms with Crippen LogP contribution in [0, 0.1) is 20.8 Å². The minimum Gasteiger partial charge on any atom is -0.310 e. The molecule has 0 aliphatic rings. The van der Waals surface area contributed by atoms with Crippen LogP contribution < -0.4 is 10.9 Å². The van der Waals surface area contributed by atoms with Crippen LogP contribution in [0.4, 0.5) is 5.82 Å². The van der Waals surface area contributed by atoms with Crippen molar-refractivity contribution in [3.05, 3.63) is 50.5 Å². The highest BCUT2D eigenvalue weighted by Gasteiger charge is 2.17. The molecule has 3 rings (SSSR count). The van der Waals surface area contributed by atoms with E-state index >= 15 is 0 Å². The van der Waals surface area contributed by atoms with Crippen molar-refractivity contribution in [1.29, 1.82) is 0 Å². The van der Waals surface area contributed by atoms with E-state index in [1.54, 1.807) is 6.20 Å². The standard InChI is InChI=1S/C18H20N4O2S2/c1-9-6-5-7-19-15(9)22-16(23)12(4)25-8-13-20-17(24)14-10(2)11(3)26-18(14)21-13/h5-7,12H,8H2,1-4H3,(H,19,22,23)(H,20,21,24)/t12-/m1/s1. The fourth-order valence-electron chi connectivity index (χ4n) is 2.48. The first-order valence-electron chi connectivity index (χ1n) is 8.19. The van der Waals surface area contributed by atoms with Gasteiger partial charge < -0.3 is 10.3 Å². The minimum absolute atomic E-state index is 0.117. The van der Waals surface area contributed by atoms with Gasteiger partial charge in [0.25, 0.3) is 5.56 Å². The molecule has 0 radical (unpaired) electrons. The Bertz CT molecular complexity index is 1030. The van der Waals surface area contributed by atoms with Crippen molar-refractivity contribution in [2.75, 3.05) is 5.32 Å². The van der Waals surface area contributed by atoms with Gasteiger partial charge in [0.05, 0.1) is 16.4 Å². The van der Waals surface area contributed by atoms with E-state index in [0.717, 1.165) is 20.8 Å². The molecule has 0 aromatic carbocycles. The predicted molar refractivity (Wildman–Crippen MR) is 108 cm³/mol. The minimum atomic E-state index is -0.302. The topological polar surface area (TPSA) is 87.7 Å². The van der Waals surface area contributed by atoms with Gasteiger partial charge in [0, 0.05) is 11.1 Å². The van der Waals surface area contributed by atoms with Gasteiger partial charge >= 0.3 is 0 Å². The molecule has 8 heteroatoms. The molecule has 0 fully saturated rings. The number of thiophene rings is 1. The van der Waals surface area contributed by atoms with Crippen molar-refractivity contribution in [3.63, 3.8) is 0 Å². The first-order chi connectivity index (χ1) is 12.4. The number of aromatic nitrogens is 3. The van der Waals surface area contributed by atoms with Gasteiger partial charge in [-0.25, -0.2) is 9.97 Å². The van der Waals surface area contributed by atoms with Gasteiger partial charge in [-0.05, 0) is 44.9 Å². The number of pyridine rings is 1. The van der Waals surface area contributed by atoms with E-state index in [4.69, 9.17) is 0 Å². The maximum absolute atomic E-state index is 12.4. The van der Waals surface area contributed by atoms with Crippen LogP contribution in [0.15, 0.2) is 23.1 Å². The maximum atomic E-state index is 12.4. The number of carbonyl (C=O) groups excluding carboxylic acids is 1. The lowest BCUT2D eigenvalue weighted by atomic mass is 10.2. The van der Waals surface area contributed by atoms with Crippen molar-refractivity contribution < 1.29 is 4.79 Å². The molecule has 0 unspecified atom stereocenters. The van der Waals surface area contributed by atoms with Crippen molar-refractivity contribution in [2.45, 2.75) is 38.7 Å². The van der Waals surface area contributed by atoms with E-state index < -0.39 is 0 Å². The molecule has 1 amide bonds. The van der Waals surface area contributed by atoms with Gasteiger partial charge in [-0.15, -0.1) is 23.1 Å². The first-order valence-corrected chi connectivity index (χ1v) is 10.1. The molecule has 26 heavy (non-hydrogen) atoms. The quantitative estimate of drug-likeness (QED) is 0.698. The molecule has 0 aliphatic heterocycles. The van der Waals surface area contributed by atoms with Crippen molar-refractivity contribution >= 4 is 45.0 Å². The average Bonchev–Trinajstić information content (AvgIpc) is 2.89. The molecule has 0 saturated heterocycles. The molecule has 3 heterocycles. The molecule has 0 bridgehead atoms. The normalized spacial score (nSPS) is 12.3. The number of nitrogens with one attached hydrogen (secondary N) is 2. The molecule has 0 saturated carbocycles. The van der Waals surface area contributed by atoms with Crippen LogP contribution in [0.2, 0.25) is 0 Å². The molecule has 2 N–H and O–H groups in total. The summed E-state index contributed by atoms with van der Waals surface area (Å²) in [6, 6.07) is 3.73. The van der Waals surface area contributed by atoms with Crippen molar-refractivity contribution in [2.24, 2.45) is 0 Å². The lowest BCUT2D eigenvalue weighted by molar-refractivity contribution is -0.115. The maximum Gasteiger partial charge on any atom is 0.259 e. The van der Waals surface area contributed by atoms with Crippen molar-refractivity contribution in [3.8, 4) is 0 Å². The van der Waals surface area contributed by atoms with Crippen molar-refractivity contribution in [1.82, 2.24) is 15.0 Å². The summed E-state index contributed by atoms with van der Waals surface area (Å²) in [4.78, 5) is 38.1. The fourth-order valence-corrected chi connectivity index (χ4v) is 4.29. The Hall–Kier alpha value is -2.19. The van der Waals surface area contributed by atoms with Gasteiger partial charge in [-0.3, -0.25) is 9.59 Å². The number of anilines is 1. The third-order valence-corrected chi connectivity index (χ3v) is 6.43. The molecular weight excluding hydrogens is 368 g/mol. The number of aryl methyl sites for hydroxylation is 3. The van der Waals surface area contributed by atoms with Gasteiger partial charge in [-0.2, -0.15) is 0 Å². The van der Waals surface area contributed by atoms with E-state index in [0.29, 0.717) is 22.8 Å². The Morgan fingerprint density at radius 3 is 2.88 bits per heavy atom. The highest BCUT2D eigenvalue weighted by atomic mass is 32.2. The number of rotatable bonds is 5. The van der Waals surface area contributed by atoms with Gasteiger partial charge in [0.15, 0.2) is 0 Å². The molecule has 3 aromatic rings. The van der Waals surface area contributed by atoms with Crippen LogP contribution in [-0.4, -0.2) is 26.1 Å². The molecule has 3 aromatic heterocycles. The Morgan fingerprint density at radius 1 is 1.38 bits per heavy atom. The number of thioether (sulfide) groups is 1. The molecule has 0 spiro atoms. The van der Waals surface area contributed by atoms with Gasteiger partial charge in [-0.1, -0.05) is 6.07 Å². The number of fused-ring (bicyclic) bond motifs is 1. The number of amides is 1. The molecule has 136 valence electrons. The number of H-pyrrole nitrogens is 1. The first kappa shape index (κ1) is 18.6. The second-order valence-corrected chi connectivity index (χ2v) is 8.62.